The predicted molar refractivity (Wildman–Crippen MR) is 253 cm³/mol. The summed E-state index contributed by atoms with van der Waals surface area (Å²) in [6.07, 6.45) is 0. The lowest BCUT2D eigenvalue weighted by Crippen LogP contribution is -2.12. The highest BCUT2D eigenvalue weighted by atomic mass is 16.3. The molecule has 60 heavy (non-hydrogen) atoms. The van der Waals surface area contributed by atoms with E-state index in [1.165, 1.54) is 33.0 Å². The van der Waals surface area contributed by atoms with E-state index < -0.39 is 0 Å². The van der Waals surface area contributed by atoms with E-state index in [1.807, 2.05) is 0 Å². The van der Waals surface area contributed by atoms with Gasteiger partial charge in [-0.2, -0.15) is 0 Å². The summed E-state index contributed by atoms with van der Waals surface area (Å²) in [7, 11) is 0. The molecule has 11 aromatic rings. The summed E-state index contributed by atoms with van der Waals surface area (Å²) in [6, 6.07) is 84.9. The zero-order valence-electron chi connectivity index (χ0n) is 32.9. The fourth-order valence-corrected chi connectivity index (χ4v) is 8.80. The summed E-state index contributed by atoms with van der Waals surface area (Å²) in [5.74, 6) is 0. The number of hydrogen-bond donors (Lipinski definition) is 0. The third kappa shape index (κ3) is 6.32. The van der Waals surface area contributed by atoms with Crippen LogP contribution in [0.4, 0.5) is 17.1 Å². The van der Waals surface area contributed by atoms with Crippen molar-refractivity contribution >= 4 is 49.8 Å². The van der Waals surface area contributed by atoms with Gasteiger partial charge in [0.15, 0.2) is 0 Å². The molecule has 1 heterocycles. The molecule has 0 unspecified atom stereocenters. The third-order valence-electron chi connectivity index (χ3n) is 11.7. The molecule has 2 nitrogen and oxygen atoms in total. The van der Waals surface area contributed by atoms with Crippen LogP contribution in [0.2, 0.25) is 0 Å². The minimum Gasteiger partial charge on any atom is -0.455 e. The SMILES string of the molecule is c1ccc(-c2ccc(N(c3cccc(-c4ccccc4-c4ccccc4)c3)c3ccc(-c4ccc5ccccc5c4)c4oc5ccccc5c34)c(-c3ccccc3)c2)cc1. The minimum atomic E-state index is 0.857. The van der Waals surface area contributed by atoms with Gasteiger partial charge in [-0.3, -0.25) is 0 Å². The van der Waals surface area contributed by atoms with Gasteiger partial charge in [-0.1, -0.05) is 188 Å². The second-order valence-corrected chi connectivity index (χ2v) is 15.3. The van der Waals surface area contributed by atoms with Gasteiger partial charge >= 0.3 is 0 Å². The second-order valence-electron chi connectivity index (χ2n) is 15.3. The van der Waals surface area contributed by atoms with Gasteiger partial charge in [0.2, 0.25) is 0 Å². The Hall–Kier alpha value is -7.94. The highest BCUT2D eigenvalue weighted by Gasteiger charge is 2.25. The summed E-state index contributed by atoms with van der Waals surface area (Å²) in [5, 5.41) is 4.55. The summed E-state index contributed by atoms with van der Waals surface area (Å²) in [5.41, 5.74) is 16.4. The van der Waals surface area contributed by atoms with Crippen LogP contribution >= 0.6 is 0 Å². The molecule has 10 aromatic carbocycles. The third-order valence-corrected chi connectivity index (χ3v) is 11.7. The average molecular weight is 766 g/mol. The molecular formula is C58H39NO. The fraction of sp³-hybridized carbons (Fsp3) is 0. The van der Waals surface area contributed by atoms with Gasteiger partial charge in [0.25, 0.3) is 0 Å². The molecule has 0 radical (unpaired) electrons. The van der Waals surface area contributed by atoms with Crippen LogP contribution in [0.5, 0.6) is 0 Å². The lowest BCUT2D eigenvalue weighted by Gasteiger charge is -2.30. The van der Waals surface area contributed by atoms with Gasteiger partial charge in [-0.25, -0.2) is 0 Å². The zero-order chi connectivity index (χ0) is 39.8. The van der Waals surface area contributed by atoms with Crippen molar-refractivity contribution in [1.29, 1.82) is 0 Å². The van der Waals surface area contributed by atoms with Gasteiger partial charge in [0, 0.05) is 22.2 Å². The first kappa shape index (κ1) is 35.2. The second kappa shape index (κ2) is 15.1. The van der Waals surface area contributed by atoms with Crippen molar-refractivity contribution in [3.05, 3.63) is 237 Å². The molecule has 0 spiro atoms. The molecule has 0 fully saturated rings. The molecule has 1 aromatic heterocycles. The highest BCUT2D eigenvalue weighted by molar-refractivity contribution is 6.18. The lowest BCUT2D eigenvalue weighted by atomic mass is 9.93. The molecule has 11 rings (SSSR count). The molecule has 0 bridgehead atoms. The molecule has 282 valence electrons. The van der Waals surface area contributed by atoms with E-state index in [2.05, 4.69) is 241 Å². The molecule has 0 N–H and O–H groups in total. The maximum atomic E-state index is 6.94. The van der Waals surface area contributed by atoms with Gasteiger partial charge in [0.1, 0.15) is 11.2 Å². The quantitative estimate of drug-likeness (QED) is 0.153. The topological polar surface area (TPSA) is 16.4 Å². The molecule has 0 aliphatic rings. The van der Waals surface area contributed by atoms with Crippen LogP contribution in [-0.4, -0.2) is 0 Å². The van der Waals surface area contributed by atoms with Crippen molar-refractivity contribution in [2.24, 2.45) is 0 Å². The van der Waals surface area contributed by atoms with Crippen molar-refractivity contribution in [3.8, 4) is 55.6 Å². The fourth-order valence-electron chi connectivity index (χ4n) is 8.80. The van der Waals surface area contributed by atoms with Gasteiger partial charge in [-0.15, -0.1) is 0 Å². The van der Waals surface area contributed by atoms with Crippen LogP contribution in [0.25, 0.3) is 88.3 Å². The maximum absolute atomic E-state index is 6.94. The van der Waals surface area contributed by atoms with E-state index in [1.54, 1.807) is 0 Å². The lowest BCUT2D eigenvalue weighted by molar-refractivity contribution is 0.670. The number of para-hydroxylation sites is 1. The summed E-state index contributed by atoms with van der Waals surface area (Å²) in [6.45, 7) is 0. The number of hydrogen-bond acceptors (Lipinski definition) is 2. The largest absolute Gasteiger partial charge is 0.455 e. The van der Waals surface area contributed by atoms with Crippen LogP contribution in [0, 0.1) is 0 Å². The van der Waals surface area contributed by atoms with Crippen LogP contribution in [0.1, 0.15) is 0 Å². The van der Waals surface area contributed by atoms with E-state index in [-0.39, 0.29) is 0 Å². The normalized spacial score (nSPS) is 11.3. The Morgan fingerprint density at radius 1 is 0.300 bits per heavy atom. The highest BCUT2D eigenvalue weighted by Crippen LogP contribution is 2.49. The Morgan fingerprint density at radius 3 is 1.63 bits per heavy atom. The van der Waals surface area contributed by atoms with E-state index in [4.69, 9.17) is 4.42 Å². The van der Waals surface area contributed by atoms with Gasteiger partial charge < -0.3 is 9.32 Å². The number of nitrogens with zero attached hydrogens (tertiary/aromatic N) is 1. The van der Waals surface area contributed by atoms with E-state index in [0.29, 0.717) is 0 Å². The first-order chi connectivity index (χ1) is 29.8. The Labute approximate surface area is 349 Å². The summed E-state index contributed by atoms with van der Waals surface area (Å²) >= 11 is 0. The summed E-state index contributed by atoms with van der Waals surface area (Å²) in [4.78, 5) is 2.44. The number of anilines is 3. The van der Waals surface area contributed by atoms with E-state index in [9.17, 15) is 0 Å². The summed E-state index contributed by atoms with van der Waals surface area (Å²) < 4.78 is 6.94. The van der Waals surface area contributed by atoms with Gasteiger partial charge in [0.05, 0.1) is 16.8 Å². The molecule has 2 heteroatoms. The first-order valence-electron chi connectivity index (χ1n) is 20.5. The molecular weight excluding hydrogens is 727 g/mol. The Kier molecular flexibility index (Phi) is 8.87. The number of furan rings is 1. The number of fused-ring (bicyclic) bond motifs is 4. The van der Waals surface area contributed by atoms with Crippen LogP contribution in [0.3, 0.4) is 0 Å². The van der Waals surface area contributed by atoms with Crippen molar-refractivity contribution in [1.82, 2.24) is 0 Å². The number of benzene rings is 10. The van der Waals surface area contributed by atoms with E-state index in [0.717, 1.165) is 72.4 Å². The molecule has 0 atom stereocenters. The van der Waals surface area contributed by atoms with Crippen molar-refractivity contribution < 1.29 is 4.42 Å². The smallest absolute Gasteiger partial charge is 0.145 e. The number of rotatable bonds is 8. The Morgan fingerprint density at radius 2 is 0.867 bits per heavy atom. The first-order valence-corrected chi connectivity index (χ1v) is 20.5. The molecule has 0 aliphatic carbocycles. The van der Waals surface area contributed by atoms with Crippen LogP contribution in [0.15, 0.2) is 241 Å². The van der Waals surface area contributed by atoms with Crippen LogP contribution in [-0.2, 0) is 0 Å². The molecule has 0 aliphatic heterocycles. The predicted octanol–water partition coefficient (Wildman–Crippen LogP) is 16.5. The van der Waals surface area contributed by atoms with Crippen molar-refractivity contribution in [3.63, 3.8) is 0 Å². The minimum absolute atomic E-state index is 0.857. The maximum Gasteiger partial charge on any atom is 0.145 e. The molecule has 0 saturated carbocycles. The Balaban J connectivity index is 1.20. The van der Waals surface area contributed by atoms with Crippen LogP contribution < -0.4 is 4.90 Å². The van der Waals surface area contributed by atoms with E-state index >= 15 is 0 Å². The standard InChI is InChI=1S/C58H39NO/c1-4-17-40(18-5-1)45-33-35-54(53(39-45)43-22-8-3-9-23-43)59(48-26-16-25-46(38-48)50-28-13-12-27-49(50)42-20-6-2-7-21-42)55-36-34-51(47-32-31-41-19-10-11-24-44(41)37-47)58-57(55)52-29-14-15-30-56(52)60-58/h1-39H. The zero-order valence-corrected chi connectivity index (χ0v) is 32.9. The van der Waals surface area contributed by atoms with Gasteiger partial charge in [-0.05, 0) is 104 Å². The Bertz CT molecular complexity index is 3310. The average Bonchev–Trinajstić information content (AvgIpc) is 3.73. The van der Waals surface area contributed by atoms with Crippen molar-refractivity contribution in [2.45, 2.75) is 0 Å². The molecule has 0 amide bonds. The monoisotopic (exact) mass is 765 g/mol. The molecule has 0 saturated heterocycles. The van der Waals surface area contributed by atoms with Crippen molar-refractivity contribution in [2.75, 3.05) is 4.90 Å².